The maximum absolute atomic E-state index is 12.6. The van der Waals surface area contributed by atoms with Crippen molar-refractivity contribution in [2.24, 2.45) is 5.41 Å². The molecule has 6 heteroatoms. The number of amides is 2. The van der Waals surface area contributed by atoms with Gasteiger partial charge < -0.3 is 10.2 Å². The lowest BCUT2D eigenvalue weighted by Crippen LogP contribution is -2.49. The minimum Gasteiger partial charge on any atom is -0.341 e. The molecule has 1 spiro atoms. The fraction of sp³-hybridized carbons (Fsp3) is 0.429. The molecule has 1 atom stereocenters. The Morgan fingerprint density at radius 1 is 1.04 bits per heavy atom. The average Bonchev–Trinajstić information content (AvgIpc) is 3.47. The van der Waals surface area contributed by atoms with Crippen molar-refractivity contribution in [3.63, 3.8) is 0 Å². The highest BCUT2D eigenvalue weighted by Crippen LogP contribution is 2.53. The van der Waals surface area contributed by atoms with Gasteiger partial charge in [0.2, 0.25) is 5.91 Å². The van der Waals surface area contributed by atoms with Gasteiger partial charge in [-0.15, -0.1) is 0 Å². The van der Waals surface area contributed by atoms with Crippen LogP contribution >= 0.6 is 0 Å². The lowest BCUT2D eigenvalue weighted by molar-refractivity contribution is -0.134. The summed E-state index contributed by atoms with van der Waals surface area (Å²) in [7, 11) is 0. The number of hydrogen-bond acceptors (Lipinski definition) is 4. The average molecular weight is 364 g/mol. The van der Waals surface area contributed by atoms with Gasteiger partial charge in [0.15, 0.2) is 0 Å². The van der Waals surface area contributed by atoms with E-state index >= 15 is 0 Å². The Kier molecular flexibility index (Phi) is 4.64. The van der Waals surface area contributed by atoms with E-state index in [1.165, 1.54) is 19.0 Å². The molecule has 0 aromatic carbocycles. The molecule has 27 heavy (non-hydrogen) atoms. The summed E-state index contributed by atoms with van der Waals surface area (Å²) in [5.74, 6) is -0.288. The first-order valence-electron chi connectivity index (χ1n) is 9.53. The first kappa shape index (κ1) is 17.6. The van der Waals surface area contributed by atoms with Crippen molar-refractivity contribution in [3.05, 3.63) is 48.3 Å². The molecule has 2 fully saturated rings. The Labute approximate surface area is 159 Å². The smallest absolute Gasteiger partial charge is 0.253 e. The number of hydrogen-bond donors (Lipinski definition) is 1. The van der Waals surface area contributed by atoms with E-state index in [0.717, 1.165) is 31.6 Å². The molecular formula is C21H24N4O2. The van der Waals surface area contributed by atoms with Gasteiger partial charge in [-0.05, 0) is 62.3 Å². The van der Waals surface area contributed by atoms with E-state index in [9.17, 15) is 9.59 Å². The minimum absolute atomic E-state index is 0.00286. The second-order valence-corrected chi connectivity index (χ2v) is 7.67. The third-order valence-corrected chi connectivity index (χ3v) is 5.76. The summed E-state index contributed by atoms with van der Waals surface area (Å²) >= 11 is 0. The molecule has 2 aromatic heterocycles. The molecule has 1 aliphatic carbocycles. The number of likely N-dealkylation sites (tertiary alicyclic amines) is 1. The lowest BCUT2D eigenvalue weighted by atomic mass is 9.93. The predicted octanol–water partition coefficient (Wildman–Crippen LogP) is 2.66. The van der Waals surface area contributed by atoms with Gasteiger partial charge in [0.25, 0.3) is 5.91 Å². The fourth-order valence-corrected chi connectivity index (χ4v) is 3.69. The third kappa shape index (κ3) is 3.84. The highest BCUT2D eigenvalue weighted by atomic mass is 16.2. The molecule has 2 amide bonds. The van der Waals surface area contributed by atoms with Crippen LogP contribution in [-0.2, 0) is 4.79 Å². The molecule has 6 nitrogen and oxygen atoms in total. The van der Waals surface area contributed by atoms with Crippen molar-refractivity contribution in [2.75, 3.05) is 13.1 Å². The third-order valence-electron chi connectivity index (χ3n) is 5.76. The summed E-state index contributed by atoms with van der Waals surface area (Å²) in [6, 6.07) is 8.54. The van der Waals surface area contributed by atoms with E-state index in [1.54, 1.807) is 25.3 Å². The van der Waals surface area contributed by atoms with Crippen LogP contribution in [0.25, 0.3) is 11.4 Å². The molecule has 0 radical (unpaired) electrons. The van der Waals surface area contributed by atoms with Crippen molar-refractivity contribution in [2.45, 2.75) is 38.6 Å². The maximum Gasteiger partial charge on any atom is 0.253 e. The SMILES string of the molecule is C[C@@H](NC(=O)c1ccc(-c2ccccn2)nc1)C(=O)N1CCC2(CC1)CC2. The normalized spacial score (nSPS) is 18.8. The summed E-state index contributed by atoms with van der Waals surface area (Å²) in [4.78, 5) is 35.5. The topological polar surface area (TPSA) is 75.2 Å². The molecule has 1 saturated carbocycles. The van der Waals surface area contributed by atoms with Crippen LogP contribution < -0.4 is 5.32 Å². The van der Waals surface area contributed by atoms with Gasteiger partial charge in [0.1, 0.15) is 6.04 Å². The van der Waals surface area contributed by atoms with E-state index in [1.807, 2.05) is 23.1 Å². The van der Waals surface area contributed by atoms with Gasteiger partial charge in [-0.2, -0.15) is 0 Å². The Morgan fingerprint density at radius 3 is 2.37 bits per heavy atom. The Bertz CT molecular complexity index is 821. The number of nitrogens with one attached hydrogen (secondary N) is 1. The Hall–Kier alpha value is -2.76. The van der Waals surface area contributed by atoms with Gasteiger partial charge >= 0.3 is 0 Å². The van der Waals surface area contributed by atoms with Crippen molar-refractivity contribution < 1.29 is 9.59 Å². The number of nitrogens with zero attached hydrogens (tertiary/aromatic N) is 3. The zero-order valence-electron chi connectivity index (χ0n) is 15.5. The fourth-order valence-electron chi connectivity index (χ4n) is 3.69. The molecular weight excluding hydrogens is 340 g/mol. The zero-order valence-corrected chi connectivity index (χ0v) is 15.5. The molecule has 1 aliphatic heterocycles. The second kappa shape index (κ2) is 7.10. The van der Waals surface area contributed by atoms with Gasteiger partial charge in [-0.25, -0.2) is 0 Å². The summed E-state index contributed by atoms with van der Waals surface area (Å²) in [5.41, 5.74) is 2.43. The van der Waals surface area contributed by atoms with Gasteiger partial charge in [-0.3, -0.25) is 19.6 Å². The van der Waals surface area contributed by atoms with Gasteiger partial charge in [0, 0.05) is 25.5 Å². The van der Waals surface area contributed by atoms with E-state index in [-0.39, 0.29) is 11.8 Å². The number of pyridine rings is 2. The summed E-state index contributed by atoms with van der Waals surface area (Å²) in [6.07, 6.45) is 8.03. The van der Waals surface area contributed by atoms with Crippen LogP contribution in [0.4, 0.5) is 0 Å². The van der Waals surface area contributed by atoms with E-state index < -0.39 is 6.04 Å². The summed E-state index contributed by atoms with van der Waals surface area (Å²) in [6.45, 7) is 3.36. The maximum atomic E-state index is 12.6. The van der Waals surface area contributed by atoms with Crippen molar-refractivity contribution in [3.8, 4) is 11.4 Å². The van der Waals surface area contributed by atoms with Gasteiger partial charge in [-0.1, -0.05) is 6.07 Å². The van der Waals surface area contributed by atoms with Crippen LogP contribution in [0.2, 0.25) is 0 Å². The van der Waals surface area contributed by atoms with Crippen molar-refractivity contribution >= 4 is 11.8 Å². The number of aromatic nitrogens is 2. The first-order chi connectivity index (χ1) is 13.1. The Balaban J connectivity index is 1.34. The van der Waals surface area contributed by atoms with Crippen LogP contribution in [0.1, 0.15) is 43.0 Å². The lowest BCUT2D eigenvalue weighted by Gasteiger charge is -2.33. The molecule has 0 unspecified atom stereocenters. The standard InChI is InChI=1S/C21H24N4O2/c1-15(20(27)25-12-9-21(7-8-21)10-13-25)24-19(26)16-5-6-18(23-14-16)17-4-2-3-11-22-17/h2-6,11,14-15H,7-10,12-13H2,1H3,(H,24,26)/t15-/m1/s1. The van der Waals surface area contributed by atoms with Crippen LogP contribution in [0.3, 0.4) is 0 Å². The highest BCUT2D eigenvalue weighted by Gasteiger charge is 2.45. The van der Waals surface area contributed by atoms with E-state index in [0.29, 0.717) is 16.7 Å². The molecule has 140 valence electrons. The number of carbonyl (C=O) groups is 2. The second-order valence-electron chi connectivity index (χ2n) is 7.67. The van der Waals surface area contributed by atoms with Crippen LogP contribution in [-0.4, -0.2) is 45.8 Å². The largest absolute Gasteiger partial charge is 0.341 e. The van der Waals surface area contributed by atoms with Crippen LogP contribution in [0.15, 0.2) is 42.7 Å². The molecule has 0 bridgehead atoms. The van der Waals surface area contributed by atoms with E-state index in [4.69, 9.17) is 0 Å². The van der Waals surface area contributed by atoms with Gasteiger partial charge in [0.05, 0.1) is 17.0 Å². The monoisotopic (exact) mass is 364 g/mol. The quantitative estimate of drug-likeness (QED) is 0.905. The molecule has 1 N–H and O–H groups in total. The Morgan fingerprint density at radius 2 is 1.78 bits per heavy atom. The predicted molar refractivity (Wildman–Crippen MR) is 102 cm³/mol. The minimum atomic E-state index is -0.541. The zero-order chi connectivity index (χ0) is 18.9. The molecule has 2 aliphatic rings. The molecule has 4 rings (SSSR count). The molecule has 1 saturated heterocycles. The number of carbonyl (C=O) groups excluding carboxylic acids is 2. The van der Waals surface area contributed by atoms with Crippen LogP contribution in [0.5, 0.6) is 0 Å². The highest BCUT2D eigenvalue weighted by molar-refractivity contribution is 5.97. The summed E-state index contributed by atoms with van der Waals surface area (Å²) < 4.78 is 0. The molecule has 2 aromatic rings. The van der Waals surface area contributed by atoms with Crippen LogP contribution in [0, 0.1) is 5.41 Å². The van der Waals surface area contributed by atoms with Crippen molar-refractivity contribution in [1.82, 2.24) is 20.2 Å². The first-order valence-corrected chi connectivity index (χ1v) is 9.53. The number of rotatable bonds is 4. The van der Waals surface area contributed by atoms with Crippen molar-refractivity contribution in [1.29, 1.82) is 0 Å². The molecule has 3 heterocycles. The number of piperidine rings is 1. The summed E-state index contributed by atoms with van der Waals surface area (Å²) in [5, 5.41) is 2.80. The van der Waals surface area contributed by atoms with E-state index in [2.05, 4.69) is 15.3 Å².